The van der Waals surface area contributed by atoms with Crippen LogP contribution in [0.5, 0.6) is 5.75 Å². The number of aromatic nitrogens is 1. The molecule has 0 saturated heterocycles. The number of nitrogens with zero attached hydrogens (tertiary/aromatic N) is 3. The van der Waals surface area contributed by atoms with Gasteiger partial charge in [-0.25, -0.2) is 0 Å². The SMILES string of the molecule is CC1=CN2C(=N)/C(=C/c3cn(CCOc4cc(C)ccc4C(C)C)c4ccccc34)C(=O)N=C2S1. The molecule has 0 aliphatic carbocycles. The van der Waals surface area contributed by atoms with Crippen molar-refractivity contribution in [3.8, 4) is 5.75 Å². The van der Waals surface area contributed by atoms with Crippen LogP contribution in [0.1, 0.15) is 43.4 Å². The molecule has 3 heterocycles. The maximum atomic E-state index is 12.8. The number of aliphatic imine (C=N–C) groups is 1. The van der Waals surface area contributed by atoms with Crippen LogP contribution in [0.4, 0.5) is 0 Å². The van der Waals surface area contributed by atoms with Gasteiger partial charge in [0, 0.05) is 33.8 Å². The Kier molecular flexibility index (Phi) is 6.11. The molecule has 1 amide bonds. The number of ether oxygens (including phenoxy) is 1. The minimum absolute atomic E-state index is 0.158. The summed E-state index contributed by atoms with van der Waals surface area (Å²) in [5.41, 5.74) is 4.62. The van der Waals surface area contributed by atoms with E-state index >= 15 is 0 Å². The molecule has 2 aromatic carbocycles. The highest BCUT2D eigenvalue weighted by Crippen LogP contribution is 2.33. The molecule has 35 heavy (non-hydrogen) atoms. The number of benzene rings is 2. The van der Waals surface area contributed by atoms with Gasteiger partial charge in [-0.3, -0.25) is 15.1 Å². The number of aryl methyl sites for hydroxylation is 1. The van der Waals surface area contributed by atoms with E-state index in [0.29, 0.717) is 29.8 Å². The van der Waals surface area contributed by atoms with Crippen molar-refractivity contribution in [1.82, 2.24) is 9.47 Å². The zero-order valence-electron chi connectivity index (χ0n) is 20.3. The van der Waals surface area contributed by atoms with Gasteiger partial charge in [0.05, 0.1) is 12.1 Å². The maximum Gasteiger partial charge on any atom is 0.283 e. The third-order valence-corrected chi connectivity index (χ3v) is 7.09. The summed E-state index contributed by atoms with van der Waals surface area (Å²) in [6.45, 7) is 9.55. The molecule has 0 atom stereocenters. The van der Waals surface area contributed by atoms with Crippen LogP contribution in [0.15, 0.2) is 70.3 Å². The van der Waals surface area contributed by atoms with Crippen molar-refractivity contribution in [2.45, 2.75) is 40.2 Å². The van der Waals surface area contributed by atoms with Gasteiger partial charge in [-0.15, -0.1) is 0 Å². The van der Waals surface area contributed by atoms with Gasteiger partial charge in [-0.1, -0.05) is 55.9 Å². The predicted molar refractivity (Wildman–Crippen MR) is 144 cm³/mol. The molecule has 2 aliphatic heterocycles. The highest BCUT2D eigenvalue weighted by molar-refractivity contribution is 8.17. The lowest BCUT2D eigenvalue weighted by atomic mass is 10.0. The van der Waals surface area contributed by atoms with Crippen LogP contribution < -0.4 is 4.74 Å². The fourth-order valence-corrected chi connectivity index (χ4v) is 5.25. The Morgan fingerprint density at radius 2 is 1.97 bits per heavy atom. The lowest BCUT2D eigenvalue weighted by Crippen LogP contribution is -2.35. The summed E-state index contributed by atoms with van der Waals surface area (Å²) in [6, 6.07) is 14.5. The number of rotatable bonds is 6. The van der Waals surface area contributed by atoms with E-state index in [0.717, 1.165) is 27.1 Å². The van der Waals surface area contributed by atoms with Gasteiger partial charge in [0.2, 0.25) is 0 Å². The Balaban J connectivity index is 1.43. The highest BCUT2D eigenvalue weighted by Gasteiger charge is 2.33. The molecule has 2 aliphatic rings. The minimum Gasteiger partial charge on any atom is -0.491 e. The Bertz CT molecular complexity index is 1440. The van der Waals surface area contributed by atoms with Gasteiger partial charge >= 0.3 is 0 Å². The average molecular weight is 485 g/mol. The maximum absolute atomic E-state index is 12.8. The van der Waals surface area contributed by atoms with Crippen LogP contribution in [0.2, 0.25) is 0 Å². The van der Waals surface area contributed by atoms with E-state index in [9.17, 15) is 4.79 Å². The number of carbonyl (C=O) groups excluding carboxylic acids is 1. The minimum atomic E-state index is -0.377. The summed E-state index contributed by atoms with van der Waals surface area (Å²) in [6.07, 6.45) is 5.66. The summed E-state index contributed by atoms with van der Waals surface area (Å²) in [5.74, 6) is 1.10. The van der Waals surface area contributed by atoms with E-state index in [1.807, 2.05) is 37.5 Å². The number of hydrogen-bond acceptors (Lipinski definition) is 4. The van der Waals surface area contributed by atoms with Crippen molar-refractivity contribution in [2.24, 2.45) is 4.99 Å². The van der Waals surface area contributed by atoms with Gasteiger partial charge in [-0.05, 0) is 49.1 Å². The summed E-state index contributed by atoms with van der Waals surface area (Å²) in [4.78, 5) is 19.6. The van der Waals surface area contributed by atoms with Gasteiger partial charge in [0.1, 0.15) is 18.2 Å². The quantitative estimate of drug-likeness (QED) is 0.416. The fourth-order valence-electron chi connectivity index (χ4n) is 4.43. The molecule has 3 aromatic rings. The second-order valence-corrected chi connectivity index (χ2v) is 10.4. The number of hydrogen-bond donors (Lipinski definition) is 1. The lowest BCUT2D eigenvalue weighted by Gasteiger charge is -2.22. The van der Waals surface area contributed by atoms with E-state index < -0.39 is 0 Å². The first-order valence-corrected chi connectivity index (χ1v) is 12.5. The zero-order valence-corrected chi connectivity index (χ0v) is 21.1. The first-order valence-electron chi connectivity index (χ1n) is 11.7. The van der Waals surface area contributed by atoms with Crippen molar-refractivity contribution in [2.75, 3.05) is 6.61 Å². The van der Waals surface area contributed by atoms with Crippen molar-refractivity contribution in [1.29, 1.82) is 5.41 Å². The first-order chi connectivity index (χ1) is 16.8. The van der Waals surface area contributed by atoms with Gasteiger partial charge < -0.3 is 9.30 Å². The number of carbonyl (C=O) groups is 1. The molecule has 1 N–H and O–H groups in total. The summed E-state index contributed by atoms with van der Waals surface area (Å²) >= 11 is 1.41. The fraction of sp³-hybridized carbons (Fsp3) is 0.250. The molecular weight excluding hydrogens is 456 g/mol. The van der Waals surface area contributed by atoms with Crippen molar-refractivity contribution < 1.29 is 9.53 Å². The number of para-hydroxylation sites is 1. The molecule has 1 aromatic heterocycles. The van der Waals surface area contributed by atoms with Crippen molar-refractivity contribution in [3.05, 3.63) is 82.0 Å². The molecule has 0 saturated carbocycles. The summed E-state index contributed by atoms with van der Waals surface area (Å²) in [7, 11) is 0. The number of amides is 1. The summed E-state index contributed by atoms with van der Waals surface area (Å²) < 4.78 is 8.37. The molecular formula is C28H28N4O2S. The normalized spacial score (nSPS) is 16.8. The Hall–Kier alpha value is -3.58. The molecule has 0 fully saturated rings. The monoisotopic (exact) mass is 484 g/mol. The molecule has 0 bridgehead atoms. The van der Waals surface area contributed by atoms with Crippen LogP contribution in [-0.2, 0) is 11.3 Å². The van der Waals surface area contributed by atoms with Crippen LogP contribution in [0.3, 0.4) is 0 Å². The average Bonchev–Trinajstić information content (AvgIpc) is 3.36. The van der Waals surface area contributed by atoms with E-state index in [-0.39, 0.29) is 11.7 Å². The lowest BCUT2D eigenvalue weighted by molar-refractivity contribution is -0.114. The molecule has 7 heteroatoms. The number of amidine groups is 2. The van der Waals surface area contributed by atoms with E-state index in [1.54, 1.807) is 11.0 Å². The van der Waals surface area contributed by atoms with E-state index in [2.05, 4.69) is 54.6 Å². The number of nitrogens with one attached hydrogen (secondary N) is 1. The molecule has 0 spiro atoms. The van der Waals surface area contributed by atoms with Gasteiger partial charge in [-0.2, -0.15) is 4.99 Å². The van der Waals surface area contributed by atoms with Gasteiger partial charge in [0.15, 0.2) is 5.17 Å². The second-order valence-electron chi connectivity index (χ2n) is 9.16. The molecule has 178 valence electrons. The van der Waals surface area contributed by atoms with E-state index in [4.69, 9.17) is 10.1 Å². The number of fused-ring (bicyclic) bond motifs is 2. The standard InChI is InChI=1S/C28H28N4O2S/c1-17(2)21-10-9-18(3)13-25(21)34-12-11-31-16-20(22-7-5-6-8-24(22)31)14-23-26(29)32-15-19(4)35-28(32)30-27(23)33/h5-10,13-17,29H,11-12H2,1-4H3/b23-14-,29-26?. The van der Waals surface area contributed by atoms with Crippen LogP contribution in [-0.4, -0.2) is 33.0 Å². The smallest absolute Gasteiger partial charge is 0.283 e. The third kappa shape index (κ3) is 4.44. The second kappa shape index (κ2) is 9.23. The Morgan fingerprint density at radius 3 is 2.77 bits per heavy atom. The van der Waals surface area contributed by atoms with Crippen molar-refractivity contribution >= 4 is 45.7 Å². The Morgan fingerprint density at radius 1 is 1.17 bits per heavy atom. The van der Waals surface area contributed by atoms with E-state index in [1.165, 1.54) is 22.9 Å². The highest BCUT2D eigenvalue weighted by atomic mass is 32.2. The summed E-state index contributed by atoms with van der Waals surface area (Å²) in [5, 5.41) is 10.2. The largest absolute Gasteiger partial charge is 0.491 e. The van der Waals surface area contributed by atoms with Crippen LogP contribution in [0, 0.1) is 12.3 Å². The van der Waals surface area contributed by atoms with Crippen LogP contribution in [0.25, 0.3) is 17.0 Å². The zero-order chi connectivity index (χ0) is 24.7. The van der Waals surface area contributed by atoms with Crippen molar-refractivity contribution in [3.63, 3.8) is 0 Å². The number of thioether (sulfide) groups is 1. The first kappa shape index (κ1) is 23.2. The van der Waals surface area contributed by atoms with Gasteiger partial charge in [0.25, 0.3) is 5.91 Å². The molecule has 5 rings (SSSR count). The Labute approximate surface area is 209 Å². The molecule has 0 unspecified atom stereocenters. The third-order valence-electron chi connectivity index (χ3n) is 6.19. The molecule has 6 nitrogen and oxygen atoms in total. The van der Waals surface area contributed by atoms with Crippen LogP contribution >= 0.6 is 11.8 Å². The molecule has 0 radical (unpaired) electrons. The topological polar surface area (TPSA) is 70.7 Å². The predicted octanol–water partition coefficient (Wildman–Crippen LogP) is 6.32. The number of allylic oxidation sites excluding steroid dienone is 1.